The quantitative estimate of drug-likeness (QED) is 0.796. The lowest BCUT2D eigenvalue weighted by molar-refractivity contribution is 0.0526. The Bertz CT molecular complexity index is 563. The van der Waals surface area contributed by atoms with E-state index in [9.17, 15) is 4.79 Å². The number of nitrogens with zero attached hydrogens (tertiary/aromatic N) is 2. The van der Waals surface area contributed by atoms with E-state index in [1.54, 1.807) is 30.4 Å². The van der Waals surface area contributed by atoms with Crippen molar-refractivity contribution in [2.75, 3.05) is 20.7 Å². The summed E-state index contributed by atoms with van der Waals surface area (Å²) in [6.45, 7) is 3.00. The molecule has 1 aromatic carbocycles. The van der Waals surface area contributed by atoms with Gasteiger partial charge in [0.1, 0.15) is 5.01 Å². The summed E-state index contributed by atoms with van der Waals surface area (Å²) in [5, 5.41) is 1.05. The van der Waals surface area contributed by atoms with Gasteiger partial charge in [-0.25, -0.2) is 9.78 Å². The zero-order valence-electron chi connectivity index (χ0n) is 10.8. The van der Waals surface area contributed by atoms with Gasteiger partial charge in [-0.05, 0) is 39.2 Å². The highest BCUT2D eigenvalue weighted by Gasteiger charge is 2.10. The molecule has 0 saturated heterocycles. The van der Waals surface area contributed by atoms with E-state index in [1.165, 1.54) is 0 Å². The van der Waals surface area contributed by atoms with Gasteiger partial charge in [-0.15, -0.1) is 11.3 Å². The standard InChI is InChI=1S/C13H16N2O2S/c1-4-17-13(16)9-5-6-11-10(7-9)14-12(18-11)8-15(2)3/h5-7H,4,8H2,1-3H3. The molecule has 1 aromatic heterocycles. The number of carbonyl (C=O) groups is 1. The first-order chi connectivity index (χ1) is 8.60. The summed E-state index contributed by atoms with van der Waals surface area (Å²) < 4.78 is 6.07. The van der Waals surface area contributed by atoms with Gasteiger partial charge >= 0.3 is 5.97 Å². The van der Waals surface area contributed by atoms with Crippen molar-refractivity contribution in [3.8, 4) is 0 Å². The van der Waals surface area contributed by atoms with Crippen LogP contribution in [0.4, 0.5) is 0 Å². The highest BCUT2D eigenvalue weighted by atomic mass is 32.1. The summed E-state index contributed by atoms with van der Waals surface area (Å²) in [6, 6.07) is 5.51. The van der Waals surface area contributed by atoms with Crippen LogP contribution in [0.15, 0.2) is 18.2 Å². The number of hydrogen-bond acceptors (Lipinski definition) is 5. The number of ether oxygens (including phenoxy) is 1. The van der Waals surface area contributed by atoms with E-state index < -0.39 is 0 Å². The van der Waals surface area contributed by atoms with Crippen LogP contribution in [-0.4, -0.2) is 36.6 Å². The third-order valence-corrected chi connectivity index (χ3v) is 3.42. The van der Waals surface area contributed by atoms with E-state index in [4.69, 9.17) is 4.74 Å². The van der Waals surface area contributed by atoms with Gasteiger partial charge in [0.25, 0.3) is 0 Å². The number of benzene rings is 1. The first-order valence-electron chi connectivity index (χ1n) is 5.81. The molecule has 2 aromatic rings. The van der Waals surface area contributed by atoms with E-state index in [0.29, 0.717) is 12.2 Å². The molecule has 1 heterocycles. The van der Waals surface area contributed by atoms with E-state index in [2.05, 4.69) is 9.88 Å². The number of fused-ring (bicyclic) bond motifs is 1. The van der Waals surface area contributed by atoms with Crippen molar-refractivity contribution in [3.05, 3.63) is 28.8 Å². The highest BCUT2D eigenvalue weighted by Crippen LogP contribution is 2.24. The number of carbonyl (C=O) groups excluding carboxylic acids is 1. The zero-order chi connectivity index (χ0) is 13.1. The summed E-state index contributed by atoms with van der Waals surface area (Å²) in [5.74, 6) is -0.290. The van der Waals surface area contributed by atoms with Gasteiger partial charge in [-0.3, -0.25) is 0 Å². The van der Waals surface area contributed by atoms with Crippen LogP contribution < -0.4 is 0 Å². The van der Waals surface area contributed by atoms with Crippen LogP contribution in [-0.2, 0) is 11.3 Å². The Balaban J connectivity index is 2.30. The van der Waals surface area contributed by atoms with Gasteiger partial charge in [0.15, 0.2) is 0 Å². The molecule has 5 heteroatoms. The number of rotatable bonds is 4. The fourth-order valence-electron chi connectivity index (χ4n) is 1.65. The molecule has 0 amide bonds. The zero-order valence-corrected chi connectivity index (χ0v) is 11.6. The van der Waals surface area contributed by atoms with Crippen molar-refractivity contribution in [1.82, 2.24) is 9.88 Å². The molecule has 0 radical (unpaired) electrons. The molecule has 0 saturated carbocycles. The Morgan fingerprint density at radius 3 is 2.89 bits per heavy atom. The fraction of sp³-hybridized carbons (Fsp3) is 0.385. The van der Waals surface area contributed by atoms with Crippen molar-refractivity contribution >= 4 is 27.5 Å². The van der Waals surface area contributed by atoms with Gasteiger partial charge < -0.3 is 9.64 Å². The molecular weight excluding hydrogens is 248 g/mol. The summed E-state index contributed by atoms with van der Waals surface area (Å²) in [5.41, 5.74) is 1.42. The maximum Gasteiger partial charge on any atom is 0.338 e. The average Bonchev–Trinajstić information content (AvgIpc) is 2.69. The predicted molar refractivity (Wildman–Crippen MR) is 73.0 cm³/mol. The average molecular weight is 264 g/mol. The molecular formula is C13H16N2O2S. The van der Waals surface area contributed by atoms with Crippen molar-refractivity contribution in [1.29, 1.82) is 0 Å². The molecule has 0 fully saturated rings. The lowest BCUT2D eigenvalue weighted by Crippen LogP contribution is -2.10. The molecule has 96 valence electrons. The fourth-order valence-corrected chi connectivity index (χ4v) is 2.72. The number of thiazole rings is 1. The van der Waals surface area contributed by atoms with Gasteiger partial charge in [-0.2, -0.15) is 0 Å². The molecule has 18 heavy (non-hydrogen) atoms. The van der Waals surface area contributed by atoms with Crippen LogP contribution in [0.1, 0.15) is 22.3 Å². The van der Waals surface area contributed by atoms with Gasteiger partial charge in [0.2, 0.25) is 0 Å². The maximum absolute atomic E-state index is 11.6. The summed E-state index contributed by atoms with van der Waals surface area (Å²) in [4.78, 5) is 18.2. The highest BCUT2D eigenvalue weighted by molar-refractivity contribution is 7.18. The number of esters is 1. The minimum absolute atomic E-state index is 0.290. The van der Waals surface area contributed by atoms with Gasteiger partial charge in [-0.1, -0.05) is 0 Å². The molecule has 0 aliphatic rings. The largest absolute Gasteiger partial charge is 0.462 e. The van der Waals surface area contributed by atoms with Crippen LogP contribution in [0.2, 0.25) is 0 Å². The topological polar surface area (TPSA) is 42.4 Å². The lowest BCUT2D eigenvalue weighted by atomic mass is 10.2. The Morgan fingerprint density at radius 2 is 2.22 bits per heavy atom. The molecule has 0 aliphatic carbocycles. The predicted octanol–water partition coefficient (Wildman–Crippen LogP) is 2.53. The van der Waals surface area contributed by atoms with Crippen LogP contribution in [0.5, 0.6) is 0 Å². The monoisotopic (exact) mass is 264 g/mol. The third-order valence-electron chi connectivity index (χ3n) is 2.39. The van der Waals surface area contributed by atoms with E-state index in [0.717, 1.165) is 21.8 Å². The second-order valence-corrected chi connectivity index (χ2v) is 5.36. The summed E-state index contributed by atoms with van der Waals surface area (Å²) in [6.07, 6.45) is 0. The third kappa shape index (κ3) is 2.86. The molecule has 4 nitrogen and oxygen atoms in total. The molecule has 0 unspecified atom stereocenters. The van der Waals surface area contributed by atoms with Crippen LogP contribution in [0, 0.1) is 0 Å². The summed E-state index contributed by atoms with van der Waals surface area (Å²) in [7, 11) is 4.02. The molecule has 0 spiro atoms. The smallest absolute Gasteiger partial charge is 0.338 e. The molecule has 0 N–H and O–H groups in total. The van der Waals surface area contributed by atoms with E-state index in [1.807, 2.05) is 20.2 Å². The normalized spacial score (nSPS) is 11.1. The van der Waals surface area contributed by atoms with Crippen molar-refractivity contribution in [2.45, 2.75) is 13.5 Å². The van der Waals surface area contributed by atoms with Gasteiger partial charge in [0, 0.05) is 6.54 Å². The first kappa shape index (κ1) is 13.0. The minimum atomic E-state index is -0.290. The molecule has 2 rings (SSSR count). The second kappa shape index (κ2) is 5.46. The number of hydrogen-bond donors (Lipinski definition) is 0. The Hall–Kier alpha value is -1.46. The van der Waals surface area contributed by atoms with E-state index >= 15 is 0 Å². The van der Waals surface area contributed by atoms with Crippen LogP contribution in [0.25, 0.3) is 10.2 Å². The van der Waals surface area contributed by atoms with Crippen LogP contribution in [0.3, 0.4) is 0 Å². The number of aromatic nitrogens is 1. The minimum Gasteiger partial charge on any atom is -0.462 e. The lowest BCUT2D eigenvalue weighted by Gasteiger charge is -2.04. The van der Waals surface area contributed by atoms with Crippen molar-refractivity contribution < 1.29 is 9.53 Å². The van der Waals surface area contributed by atoms with Crippen LogP contribution >= 0.6 is 11.3 Å². The Labute approximate surface area is 110 Å². The van der Waals surface area contributed by atoms with Crippen molar-refractivity contribution in [2.24, 2.45) is 0 Å². The van der Waals surface area contributed by atoms with E-state index in [-0.39, 0.29) is 5.97 Å². The maximum atomic E-state index is 11.6. The first-order valence-corrected chi connectivity index (χ1v) is 6.63. The molecule has 0 aliphatic heterocycles. The molecule has 0 bridgehead atoms. The van der Waals surface area contributed by atoms with Crippen molar-refractivity contribution in [3.63, 3.8) is 0 Å². The molecule has 0 atom stereocenters. The SMILES string of the molecule is CCOC(=O)c1ccc2sc(CN(C)C)nc2c1. The Kier molecular flexibility index (Phi) is 3.93. The summed E-state index contributed by atoms with van der Waals surface area (Å²) >= 11 is 1.65. The second-order valence-electron chi connectivity index (χ2n) is 4.25. The van der Waals surface area contributed by atoms with Gasteiger partial charge in [0.05, 0.1) is 22.4 Å². The Morgan fingerprint density at radius 1 is 1.44 bits per heavy atom.